The molecule has 2 aromatic rings. The summed E-state index contributed by atoms with van der Waals surface area (Å²) < 4.78 is 5.45. The van der Waals surface area contributed by atoms with Crippen molar-refractivity contribution in [2.45, 2.75) is 13.2 Å². The van der Waals surface area contributed by atoms with E-state index in [1.165, 1.54) is 12.7 Å². The predicted octanol–water partition coefficient (Wildman–Crippen LogP) is 0.983. The van der Waals surface area contributed by atoms with Crippen molar-refractivity contribution < 1.29 is 4.74 Å². The molecule has 0 atom stereocenters. The van der Waals surface area contributed by atoms with Gasteiger partial charge in [-0.1, -0.05) is 0 Å². The van der Waals surface area contributed by atoms with Crippen molar-refractivity contribution in [1.29, 1.82) is 0 Å². The van der Waals surface area contributed by atoms with Gasteiger partial charge < -0.3 is 4.74 Å². The van der Waals surface area contributed by atoms with Crippen LogP contribution < -0.4 is 0 Å². The minimum Gasteiger partial charge on any atom is -0.372 e. The summed E-state index contributed by atoms with van der Waals surface area (Å²) in [5, 5.41) is 0. The standard InChI is InChI=1S/C10H10N4O/c1-9(2-12-7-11-1)5-15-6-10-3-13-8-14-4-10/h1-4,7-8H,5-6H2. The van der Waals surface area contributed by atoms with Crippen LogP contribution in [0.15, 0.2) is 37.4 Å². The second-order valence-corrected chi connectivity index (χ2v) is 2.99. The van der Waals surface area contributed by atoms with Crippen LogP contribution in [0.5, 0.6) is 0 Å². The van der Waals surface area contributed by atoms with Gasteiger partial charge in [0.2, 0.25) is 0 Å². The summed E-state index contributed by atoms with van der Waals surface area (Å²) in [5.74, 6) is 0. The Balaban J connectivity index is 1.81. The van der Waals surface area contributed by atoms with Crippen LogP contribution in [0.3, 0.4) is 0 Å². The normalized spacial score (nSPS) is 10.1. The van der Waals surface area contributed by atoms with Crippen LogP contribution in [0, 0.1) is 0 Å². The average molecular weight is 202 g/mol. The monoisotopic (exact) mass is 202 g/mol. The van der Waals surface area contributed by atoms with Gasteiger partial charge in [0, 0.05) is 35.9 Å². The molecule has 0 aliphatic heterocycles. The molecule has 0 aliphatic carbocycles. The molecule has 0 fully saturated rings. The molecular weight excluding hydrogens is 192 g/mol. The van der Waals surface area contributed by atoms with Crippen molar-refractivity contribution in [3.8, 4) is 0 Å². The van der Waals surface area contributed by atoms with Crippen molar-refractivity contribution in [2.75, 3.05) is 0 Å². The van der Waals surface area contributed by atoms with Gasteiger partial charge in [-0.2, -0.15) is 0 Å². The van der Waals surface area contributed by atoms with Crippen LogP contribution in [0.25, 0.3) is 0 Å². The van der Waals surface area contributed by atoms with E-state index in [1.54, 1.807) is 24.8 Å². The van der Waals surface area contributed by atoms with Crippen molar-refractivity contribution in [3.63, 3.8) is 0 Å². The molecule has 0 saturated carbocycles. The Kier molecular flexibility index (Phi) is 3.30. The summed E-state index contributed by atoms with van der Waals surface area (Å²) in [6.07, 6.45) is 9.91. The van der Waals surface area contributed by atoms with Crippen LogP contribution in [0.1, 0.15) is 11.1 Å². The molecule has 0 N–H and O–H groups in total. The molecule has 5 nitrogen and oxygen atoms in total. The Morgan fingerprint density at radius 3 is 1.53 bits per heavy atom. The Morgan fingerprint density at radius 2 is 1.13 bits per heavy atom. The van der Waals surface area contributed by atoms with Crippen LogP contribution in [-0.4, -0.2) is 19.9 Å². The maximum absolute atomic E-state index is 5.45. The first-order chi connectivity index (χ1) is 7.45. The van der Waals surface area contributed by atoms with Gasteiger partial charge in [-0.15, -0.1) is 0 Å². The number of aromatic nitrogens is 4. The Labute approximate surface area is 87.2 Å². The van der Waals surface area contributed by atoms with E-state index in [9.17, 15) is 0 Å². The first-order valence-corrected chi connectivity index (χ1v) is 4.50. The highest BCUT2D eigenvalue weighted by Gasteiger charge is 1.95. The van der Waals surface area contributed by atoms with Gasteiger partial charge in [-0.25, -0.2) is 19.9 Å². The van der Waals surface area contributed by atoms with Gasteiger partial charge in [0.05, 0.1) is 13.2 Å². The summed E-state index contributed by atoms with van der Waals surface area (Å²) in [7, 11) is 0. The SMILES string of the molecule is c1ncc(COCc2cncnc2)cn1. The topological polar surface area (TPSA) is 60.8 Å². The lowest BCUT2D eigenvalue weighted by atomic mass is 10.3. The maximum Gasteiger partial charge on any atom is 0.115 e. The maximum atomic E-state index is 5.45. The molecule has 0 saturated heterocycles. The zero-order valence-corrected chi connectivity index (χ0v) is 8.08. The van der Waals surface area contributed by atoms with Crippen molar-refractivity contribution in [1.82, 2.24) is 19.9 Å². The third-order valence-electron chi connectivity index (χ3n) is 1.77. The molecule has 2 aromatic heterocycles. The molecule has 0 aliphatic rings. The quantitative estimate of drug-likeness (QED) is 0.739. The van der Waals surface area contributed by atoms with Gasteiger partial charge in [-0.3, -0.25) is 0 Å². The van der Waals surface area contributed by atoms with E-state index >= 15 is 0 Å². The van der Waals surface area contributed by atoms with Crippen LogP contribution in [-0.2, 0) is 18.0 Å². The highest BCUT2D eigenvalue weighted by Crippen LogP contribution is 2.01. The number of nitrogens with zero attached hydrogens (tertiary/aromatic N) is 4. The van der Waals surface area contributed by atoms with E-state index in [2.05, 4.69) is 19.9 Å². The molecule has 0 amide bonds. The molecular formula is C10H10N4O. The fourth-order valence-corrected chi connectivity index (χ4v) is 1.10. The first kappa shape index (κ1) is 9.67. The molecule has 5 heteroatoms. The highest BCUT2D eigenvalue weighted by molar-refractivity contribution is 5.02. The second kappa shape index (κ2) is 5.11. The van der Waals surface area contributed by atoms with Gasteiger partial charge in [0.25, 0.3) is 0 Å². The molecule has 2 heterocycles. The third-order valence-corrected chi connectivity index (χ3v) is 1.77. The van der Waals surface area contributed by atoms with Crippen molar-refractivity contribution in [2.24, 2.45) is 0 Å². The van der Waals surface area contributed by atoms with Gasteiger partial charge in [0.1, 0.15) is 12.7 Å². The number of hydrogen-bond acceptors (Lipinski definition) is 5. The fraction of sp³-hybridized carbons (Fsp3) is 0.200. The van der Waals surface area contributed by atoms with E-state index in [0.29, 0.717) is 13.2 Å². The summed E-state index contributed by atoms with van der Waals surface area (Å²) in [5.41, 5.74) is 1.91. The molecule has 15 heavy (non-hydrogen) atoms. The molecule has 0 unspecified atom stereocenters. The molecule has 0 radical (unpaired) electrons. The van der Waals surface area contributed by atoms with Crippen LogP contribution >= 0.6 is 0 Å². The minimum absolute atomic E-state index is 0.496. The van der Waals surface area contributed by atoms with E-state index < -0.39 is 0 Å². The number of rotatable bonds is 4. The van der Waals surface area contributed by atoms with Crippen molar-refractivity contribution >= 4 is 0 Å². The summed E-state index contributed by atoms with van der Waals surface area (Å²) in [6, 6.07) is 0. The smallest absolute Gasteiger partial charge is 0.115 e. The molecule has 2 rings (SSSR count). The van der Waals surface area contributed by atoms with Crippen LogP contribution in [0.4, 0.5) is 0 Å². The second-order valence-electron chi connectivity index (χ2n) is 2.99. The lowest BCUT2D eigenvalue weighted by Gasteiger charge is -2.02. The van der Waals surface area contributed by atoms with Gasteiger partial charge >= 0.3 is 0 Å². The number of ether oxygens (including phenoxy) is 1. The van der Waals surface area contributed by atoms with E-state index in [4.69, 9.17) is 4.74 Å². The lowest BCUT2D eigenvalue weighted by Crippen LogP contribution is -1.96. The Hall–Kier alpha value is -1.88. The first-order valence-electron chi connectivity index (χ1n) is 4.50. The number of hydrogen-bond donors (Lipinski definition) is 0. The lowest BCUT2D eigenvalue weighted by molar-refractivity contribution is 0.106. The largest absolute Gasteiger partial charge is 0.372 e. The molecule has 0 aromatic carbocycles. The fourth-order valence-electron chi connectivity index (χ4n) is 1.10. The van der Waals surface area contributed by atoms with Gasteiger partial charge in [-0.05, 0) is 0 Å². The van der Waals surface area contributed by atoms with Crippen LogP contribution in [0.2, 0.25) is 0 Å². The average Bonchev–Trinajstić information content (AvgIpc) is 2.32. The third kappa shape index (κ3) is 3.07. The molecule has 0 spiro atoms. The van der Waals surface area contributed by atoms with E-state index in [-0.39, 0.29) is 0 Å². The summed E-state index contributed by atoms with van der Waals surface area (Å²) >= 11 is 0. The zero-order valence-electron chi connectivity index (χ0n) is 8.08. The zero-order chi connectivity index (χ0) is 10.3. The van der Waals surface area contributed by atoms with Gasteiger partial charge in [0.15, 0.2) is 0 Å². The highest BCUT2D eigenvalue weighted by atomic mass is 16.5. The summed E-state index contributed by atoms with van der Waals surface area (Å²) in [4.78, 5) is 15.6. The predicted molar refractivity (Wildman–Crippen MR) is 52.6 cm³/mol. The molecule has 0 bridgehead atoms. The molecule has 76 valence electrons. The minimum atomic E-state index is 0.496. The Morgan fingerprint density at radius 1 is 0.733 bits per heavy atom. The van der Waals surface area contributed by atoms with E-state index in [0.717, 1.165) is 11.1 Å². The summed E-state index contributed by atoms with van der Waals surface area (Å²) in [6.45, 7) is 0.992. The van der Waals surface area contributed by atoms with E-state index in [1.807, 2.05) is 0 Å². The van der Waals surface area contributed by atoms with Crippen molar-refractivity contribution in [3.05, 3.63) is 48.6 Å². The Bertz CT molecular complexity index is 353.